The number of halogens is 1. The van der Waals surface area contributed by atoms with E-state index < -0.39 is 0 Å². The fourth-order valence-electron chi connectivity index (χ4n) is 2.49. The summed E-state index contributed by atoms with van der Waals surface area (Å²) in [5, 5.41) is 0.635. The number of nitrogens with zero attached hydrogens (tertiary/aromatic N) is 2. The van der Waals surface area contributed by atoms with Crippen LogP contribution in [0.15, 0.2) is 72.9 Å². The summed E-state index contributed by atoms with van der Waals surface area (Å²) < 4.78 is 0. The van der Waals surface area contributed by atoms with Gasteiger partial charge in [-0.2, -0.15) is 0 Å². The maximum Gasteiger partial charge on any atom is 0.228 e. The van der Waals surface area contributed by atoms with Gasteiger partial charge in [-0.15, -0.1) is 0 Å². The van der Waals surface area contributed by atoms with E-state index in [9.17, 15) is 4.79 Å². The van der Waals surface area contributed by atoms with Gasteiger partial charge < -0.3 is 0 Å². The second-order valence-electron chi connectivity index (χ2n) is 5.06. The van der Waals surface area contributed by atoms with Crippen molar-refractivity contribution in [3.63, 3.8) is 0 Å². The van der Waals surface area contributed by atoms with E-state index in [1.807, 2.05) is 54.6 Å². The molecule has 0 fully saturated rings. The number of hydrogen-bond acceptors (Lipinski definition) is 2. The molecule has 0 aliphatic rings. The lowest BCUT2D eigenvalue weighted by atomic mass is 10.1. The highest BCUT2D eigenvalue weighted by Gasteiger charge is 2.18. The third-order valence-electron chi connectivity index (χ3n) is 3.49. The third-order valence-corrected chi connectivity index (χ3v) is 3.74. The Kier molecular flexibility index (Phi) is 4.40. The van der Waals surface area contributed by atoms with Crippen LogP contribution in [0.5, 0.6) is 0 Å². The molecule has 1 heterocycles. The van der Waals surface area contributed by atoms with Gasteiger partial charge in [0.1, 0.15) is 0 Å². The number of amides is 1. The molecule has 23 heavy (non-hydrogen) atoms. The van der Waals surface area contributed by atoms with Gasteiger partial charge in [-0.1, -0.05) is 35.9 Å². The van der Waals surface area contributed by atoms with E-state index in [1.165, 1.54) is 0 Å². The van der Waals surface area contributed by atoms with Crippen LogP contribution in [0.2, 0.25) is 5.02 Å². The molecule has 3 aromatic rings. The number of pyridine rings is 1. The van der Waals surface area contributed by atoms with Crippen molar-refractivity contribution < 1.29 is 4.79 Å². The van der Waals surface area contributed by atoms with Crippen molar-refractivity contribution in [3.05, 3.63) is 77.9 Å². The lowest BCUT2D eigenvalue weighted by molar-refractivity contribution is -0.115. The van der Waals surface area contributed by atoms with Crippen LogP contribution in [-0.4, -0.2) is 10.9 Å². The molecule has 0 bridgehead atoms. The van der Waals surface area contributed by atoms with Gasteiger partial charge in [-0.3, -0.25) is 14.7 Å². The second kappa shape index (κ2) is 6.63. The Hall–Kier alpha value is -2.65. The van der Waals surface area contributed by atoms with Gasteiger partial charge in [0.25, 0.3) is 0 Å². The Morgan fingerprint density at radius 2 is 1.65 bits per heavy atom. The fourth-order valence-corrected chi connectivity index (χ4v) is 2.61. The van der Waals surface area contributed by atoms with E-state index in [4.69, 9.17) is 11.6 Å². The van der Waals surface area contributed by atoms with Crippen LogP contribution in [0.4, 0.5) is 11.4 Å². The molecule has 0 atom stereocenters. The molecular formula is C19H15ClN2O. The molecule has 1 amide bonds. The van der Waals surface area contributed by atoms with E-state index in [1.54, 1.807) is 30.2 Å². The number of hydrogen-bond donors (Lipinski definition) is 0. The van der Waals surface area contributed by atoms with Crippen LogP contribution < -0.4 is 4.90 Å². The van der Waals surface area contributed by atoms with Crippen LogP contribution in [0.25, 0.3) is 11.3 Å². The summed E-state index contributed by atoms with van der Waals surface area (Å²) in [5.41, 5.74) is 3.29. The highest BCUT2D eigenvalue weighted by atomic mass is 35.5. The molecule has 0 saturated heterocycles. The Bertz CT molecular complexity index is 816. The maximum absolute atomic E-state index is 12.3. The zero-order chi connectivity index (χ0) is 16.2. The van der Waals surface area contributed by atoms with Gasteiger partial charge in [0, 0.05) is 29.4 Å². The van der Waals surface area contributed by atoms with Crippen LogP contribution in [0.1, 0.15) is 6.92 Å². The van der Waals surface area contributed by atoms with Gasteiger partial charge in [0.2, 0.25) is 5.91 Å². The Morgan fingerprint density at radius 3 is 2.30 bits per heavy atom. The predicted octanol–water partition coefficient (Wildman–Crippen LogP) is 5.09. The molecule has 4 heteroatoms. The summed E-state index contributed by atoms with van der Waals surface area (Å²) >= 11 is 5.96. The first kappa shape index (κ1) is 15.3. The summed E-state index contributed by atoms with van der Waals surface area (Å²) in [4.78, 5) is 18.4. The van der Waals surface area contributed by atoms with Crippen molar-refractivity contribution in [2.24, 2.45) is 0 Å². The quantitative estimate of drug-likeness (QED) is 0.673. The third kappa shape index (κ3) is 3.25. The average molecular weight is 323 g/mol. The predicted molar refractivity (Wildman–Crippen MR) is 93.9 cm³/mol. The molecule has 1 aromatic heterocycles. The molecule has 0 spiro atoms. The first-order valence-electron chi connectivity index (χ1n) is 7.23. The summed E-state index contributed by atoms with van der Waals surface area (Å²) in [6, 6.07) is 20.7. The smallest absolute Gasteiger partial charge is 0.228 e. The minimum atomic E-state index is -0.0734. The fraction of sp³-hybridized carbons (Fsp3) is 0.0526. The van der Waals surface area contributed by atoms with Gasteiger partial charge in [0.15, 0.2) is 0 Å². The Balaban J connectivity index is 2.15. The molecule has 0 unspecified atom stereocenters. The lowest BCUT2D eigenvalue weighted by Gasteiger charge is -2.24. The van der Waals surface area contributed by atoms with E-state index in [0.29, 0.717) is 5.02 Å². The maximum atomic E-state index is 12.3. The topological polar surface area (TPSA) is 33.2 Å². The average Bonchev–Trinajstić information content (AvgIpc) is 2.58. The van der Waals surface area contributed by atoms with Crippen molar-refractivity contribution in [2.75, 3.05) is 4.90 Å². The first-order valence-corrected chi connectivity index (χ1v) is 7.61. The normalized spacial score (nSPS) is 10.3. The number of aromatic nitrogens is 1. The van der Waals surface area contributed by atoms with E-state index in [2.05, 4.69) is 4.98 Å². The van der Waals surface area contributed by atoms with E-state index in [0.717, 1.165) is 22.6 Å². The monoisotopic (exact) mass is 322 g/mol. The zero-order valence-electron chi connectivity index (χ0n) is 12.6. The van der Waals surface area contributed by atoms with Gasteiger partial charge in [-0.05, 0) is 42.5 Å². The van der Waals surface area contributed by atoms with Crippen LogP contribution in [0, 0.1) is 0 Å². The van der Waals surface area contributed by atoms with Gasteiger partial charge in [0.05, 0.1) is 11.4 Å². The molecule has 0 aliphatic heterocycles. The SMILES string of the molecule is CC(=O)N(c1ccc(Cl)cc1)c1ccccc1-c1ccccn1. The molecule has 3 rings (SSSR count). The van der Waals surface area contributed by atoms with Crippen molar-refractivity contribution in [1.29, 1.82) is 0 Å². The molecule has 0 radical (unpaired) electrons. The van der Waals surface area contributed by atoms with E-state index >= 15 is 0 Å². The minimum Gasteiger partial charge on any atom is -0.281 e. The summed E-state index contributed by atoms with van der Waals surface area (Å²) in [6.07, 6.45) is 1.74. The largest absolute Gasteiger partial charge is 0.281 e. The molecule has 0 N–H and O–H groups in total. The zero-order valence-corrected chi connectivity index (χ0v) is 13.4. The molecule has 2 aromatic carbocycles. The summed E-state index contributed by atoms with van der Waals surface area (Å²) in [5.74, 6) is -0.0734. The molecule has 0 saturated carbocycles. The molecule has 3 nitrogen and oxygen atoms in total. The second-order valence-corrected chi connectivity index (χ2v) is 5.50. The van der Waals surface area contributed by atoms with Crippen LogP contribution in [-0.2, 0) is 4.79 Å². The van der Waals surface area contributed by atoms with Crippen molar-refractivity contribution >= 4 is 28.9 Å². The van der Waals surface area contributed by atoms with E-state index in [-0.39, 0.29) is 5.91 Å². The summed E-state index contributed by atoms with van der Waals surface area (Å²) in [7, 11) is 0. The van der Waals surface area contributed by atoms with Gasteiger partial charge in [-0.25, -0.2) is 0 Å². The van der Waals surface area contributed by atoms with Crippen molar-refractivity contribution in [2.45, 2.75) is 6.92 Å². The van der Waals surface area contributed by atoms with Crippen LogP contribution in [0.3, 0.4) is 0 Å². The first-order chi connectivity index (χ1) is 11.2. The standard InChI is InChI=1S/C19H15ClN2O/c1-14(23)22(16-11-9-15(20)10-12-16)19-8-3-2-6-17(19)18-7-4-5-13-21-18/h2-13H,1H3. The number of rotatable bonds is 3. The summed E-state index contributed by atoms with van der Waals surface area (Å²) in [6.45, 7) is 1.55. The lowest BCUT2D eigenvalue weighted by Crippen LogP contribution is -2.23. The Morgan fingerprint density at radius 1 is 0.957 bits per heavy atom. The van der Waals surface area contributed by atoms with Crippen molar-refractivity contribution in [3.8, 4) is 11.3 Å². The Labute approximate surface area is 140 Å². The number of benzene rings is 2. The molecular weight excluding hydrogens is 308 g/mol. The van der Waals surface area contributed by atoms with Crippen molar-refractivity contribution in [1.82, 2.24) is 4.98 Å². The van der Waals surface area contributed by atoms with Crippen LogP contribution >= 0.6 is 11.6 Å². The molecule has 0 aliphatic carbocycles. The highest BCUT2D eigenvalue weighted by Crippen LogP contribution is 2.34. The number of carbonyl (C=O) groups is 1. The molecule has 114 valence electrons. The highest BCUT2D eigenvalue weighted by molar-refractivity contribution is 6.30. The number of carbonyl (C=O) groups excluding carboxylic acids is 1. The number of para-hydroxylation sites is 1. The number of anilines is 2. The van der Waals surface area contributed by atoms with Gasteiger partial charge >= 0.3 is 0 Å². The minimum absolute atomic E-state index is 0.0734.